The molecular formula is C13H18BrN3O3. The number of nitro groups is 1. The Hall–Kier alpha value is -1.18. The van der Waals surface area contributed by atoms with Crippen LogP contribution in [0.2, 0.25) is 0 Å². The normalized spacial score (nSPS) is 21.9. The number of halogens is 1. The molecule has 6 nitrogen and oxygen atoms in total. The molecule has 1 aliphatic rings. The summed E-state index contributed by atoms with van der Waals surface area (Å²) in [5.41, 5.74) is 0.864. The predicted octanol–water partition coefficient (Wildman–Crippen LogP) is 2.54. The molecule has 1 saturated heterocycles. The van der Waals surface area contributed by atoms with Crippen molar-refractivity contribution in [1.29, 1.82) is 0 Å². The molecule has 7 heteroatoms. The SMILES string of the molecule is COCC1(CNc2ccc([N+](=O)[O-])cc2Br)CCCN1. The van der Waals surface area contributed by atoms with Crippen molar-refractivity contribution in [3.05, 3.63) is 32.8 Å². The van der Waals surface area contributed by atoms with Crippen LogP contribution in [0.1, 0.15) is 12.8 Å². The van der Waals surface area contributed by atoms with Crippen molar-refractivity contribution >= 4 is 27.3 Å². The van der Waals surface area contributed by atoms with E-state index in [1.54, 1.807) is 13.2 Å². The minimum atomic E-state index is -0.403. The Morgan fingerprint density at radius 1 is 1.60 bits per heavy atom. The standard InChI is InChI=1S/C13H18BrN3O3/c1-20-9-13(5-2-6-16-13)8-15-12-4-3-10(17(18)19)7-11(12)14/h3-4,7,15-16H,2,5-6,8-9H2,1H3. The molecule has 1 aromatic carbocycles. The van der Waals surface area contributed by atoms with E-state index in [-0.39, 0.29) is 11.2 Å². The monoisotopic (exact) mass is 343 g/mol. The molecule has 1 atom stereocenters. The predicted molar refractivity (Wildman–Crippen MR) is 81.1 cm³/mol. The van der Waals surface area contributed by atoms with Crippen molar-refractivity contribution in [1.82, 2.24) is 5.32 Å². The topological polar surface area (TPSA) is 76.4 Å². The minimum absolute atomic E-state index is 0.0596. The zero-order chi connectivity index (χ0) is 14.6. The van der Waals surface area contributed by atoms with Gasteiger partial charge in [-0.15, -0.1) is 0 Å². The first-order valence-electron chi connectivity index (χ1n) is 6.48. The lowest BCUT2D eigenvalue weighted by molar-refractivity contribution is -0.384. The van der Waals surface area contributed by atoms with E-state index in [4.69, 9.17) is 4.74 Å². The van der Waals surface area contributed by atoms with Crippen LogP contribution in [0.4, 0.5) is 11.4 Å². The highest BCUT2D eigenvalue weighted by Crippen LogP contribution is 2.28. The van der Waals surface area contributed by atoms with Crippen LogP contribution in [0, 0.1) is 10.1 Å². The van der Waals surface area contributed by atoms with E-state index in [0.717, 1.165) is 31.6 Å². The van der Waals surface area contributed by atoms with Gasteiger partial charge in [-0.3, -0.25) is 10.1 Å². The molecule has 0 saturated carbocycles. The first-order valence-corrected chi connectivity index (χ1v) is 7.27. The van der Waals surface area contributed by atoms with Gasteiger partial charge in [0.2, 0.25) is 0 Å². The minimum Gasteiger partial charge on any atom is -0.383 e. The van der Waals surface area contributed by atoms with E-state index in [1.165, 1.54) is 12.1 Å². The number of nitrogens with one attached hydrogen (secondary N) is 2. The zero-order valence-electron chi connectivity index (χ0n) is 11.3. The maximum atomic E-state index is 10.7. The average molecular weight is 344 g/mol. The largest absolute Gasteiger partial charge is 0.383 e. The molecule has 0 aromatic heterocycles. The maximum absolute atomic E-state index is 10.7. The second-order valence-electron chi connectivity index (χ2n) is 5.02. The molecule has 1 fully saturated rings. The van der Waals surface area contributed by atoms with Crippen LogP contribution in [0.15, 0.2) is 22.7 Å². The second-order valence-corrected chi connectivity index (χ2v) is 5.87. The van der Waals surface area contributed by atoms with Gasteiger partial charge in [-0.25, -0.2) is 0 Å². The fraction of sp³-hybridized carbons (Fsp3) is 0.538. The van der Waals surface area contributed by atoms with Crippen LogP contribution >= 0.6 is 15.9 Å². The summed E-state index contributed by atoms with van der Waals surface area (Å²) in [6, 6.07) is 4.73. The molecule has 0 bridgehead atoms. The van der Waals surface area contributed by atoms with E-state index >= 15 is 0 Å². The number of anilines is 1. The number of nitro benzene ring substituents is 1. The van der Waals surface area contributed by atoms with Crippen molar-refractivity contribution < 1.29 is 9.66 Å². The van der Waals surface area contributed by atoms with E-state index < -0.39 is 4.92 Å². The van der Waals surface area contributed by atoms with Crippen LogP contribution in [-0.2, 0) is 4.74 Å². The highest BCUT2D eigenvalue weighted by molar-refractivity contribution is 9.10. The third-order valence-corrected chi connectivity index (χ3v) is 4.19. The summed E-state index contributed by atoms with van der Waals surface area (Å²) in [4.78, 5) is 10.3. The fourth-order valence-electron chi connectivity index (χ4n) is 2.50. The van der Waals surface area contributed by atoms with Gasteiger partial charge in [0.05, 0.1) is 17.1 Å². The van der Waals surface area contributed by atoms with Crippen molar-refractivity contribution in [3.63, 3.8) is 0 Å². The Balaban J connectivity index is 2.04. The summed E-state index contributed by atoms with van der Waals surface area (Å²) < 4.78 is 5.99. The Kier molecular flexibility index (Phi) is 4.95. The van der Waals surface area contributed by atoms with Gasteiger partial charge < -0.3 is 15.4 Å². The summed E-state index contributed by atoms with van der Waals surface area (Å²) in [6.07, 6.45) is 2.19. The number of non-ortho nitro benzene ring substituents is 1. The third-order valence-electron chi connectivity index (χ3n) is 3.53. The quantitative estimate of drug-likeness (QED) is 0.613. The molecule has 110 valence electrons. The molecule has 0 aliphatic carbocycles. The smallest absolute Gasteiger partial charge is 0.270 e. The van der Waals surface area contributed by atoms with Gasteiger partial charge in [-0.05, 0) is 41.4 Å². The Morgan fingerprint density at radius 3 is 2.95 bits per heavy atom. The van der Waals surface area contributed by atoms with Crippen molar-refractivity contribution in [2.24, 2.45) is 0 Å². The van der Waals surface area contributed by atoms with Gasteiger partial charge in [0.25, 0.3) is 5.69 Å². The zero-order valence-corrected chi connectivity index (χ0v) is 12.9. The average Bonchev–Trinajstić information content (AvgIpc) is 2.86. The highest BCUT2D eigenvalue weighted by atomic mass is 79.9. The molecule has 0 radical (unpaired) electrons. The van der Waals surface area contributed by atoms with Gasteiger partial charge in [0, 0.05) is 35.9 Å². The van der Waals surface area contributed by atoms with Crippen LogP contribution < -0.4 is 10.6 Å². The first-order chi connectivity index (χ1) is 9.56. The van der Waals surface area contributed by atoms with Crippen LogP contribution in [-0.4, -0.2) is 37.3 Å². The molecule has 1 aromatic rings. The van der Waals surface area contributed by atoms with Crippen LogP contribution in [0.5, 0.6) is 0 Å². The first kappa shape index (κ1) is 15.2. The summed E-state index contributed by atoms with van der Waals surface area (Å²) in [5.74, 6) is 0. The van der Waals surface area contributed by atoms with Gasteiger partial charge in [0.1, 0.15) is 0 Å². The van der Waals surface area contributed by atoms with E-state index in [2.05, 4.69) is 26.6 Å². The van der Waals surface area contributed by atoms with E-state index in [9.17, 15) is 10.1 Å². The molecule has 0 spiro atoms. The second kappa shape index (κ2) is 6.51. The molecule has 2 N–H and O–H groups in total. The maximum Gasteiger partial charge on any atom is 0.270 e. The van der Waals surface area contributed by atoms with Crippen molar-refractivity contribution in [2.75, 3.05) is 32.1 Å². The molecule has 20 heavy (non-hydrogen) atoms. The molecule has 1 aliphatic heterocycles. The van der Waals surface area contributed by atoms with E-state index in [1.807, 2.05) is 0 Å². The van der Waals surface area contributed by atoms with Crippen LogP contribution in [0.3, 0.4) is 0 Å². The van der Waals surface area contributed by atoms with Crippen molar-refractivity contribution in [3.8, 4) is 0 Å². The Bertz CT molecular complexity index is 490. The van der Waals surface area contributed by atoms with Crippen molar-refractivity contribution in [2.45, 2.75) is 18.4 Å². The lowest BCUT2D eigenvalue weighted by atomic mass is 9.98. The molecular weight excluding hydrogens is 326 g/mol. The molecule has 2 rings (SSSR count). The van der Waals surface area contributed by atoms with E-state index in [0.29, 0.717) is 11.1 Å². The van der Waals surface area contributed by atoms with Gasteiger partial charge in [-0.1, -0.05) is 0 Å². The summed E-state index contributed by atoms with van der Waals surface area (Å²) >= 11 is 3.36. The number of nitrogens with zero attached hydrogens (tertiary/aromatic N) is 1. The number of benzene rings is 1. The van der Waals surface area contributed by atoms with Gasteiger partial charge in [-0.2, -0.15) is 0 Å². The number of rotatable bonds is 6. The summed E-state index contributed by atoms with van der Waals surface area (Å²) in [5, 5.41) is 17.5. The summed E-state index contributed by atoms with van der Waals surface area (Å²) in [7, 11) is 1.70. The third kappa shape index (κ3) is 3.47. The van der Waals surface area contributed by atoms with Crippen LogP contribution in [0.25, 0.3) is 0 Å². The molecule has 1 heterocycles. The fourth-order valence-corrected chi connectivity index (χ4v) is 3.00. The highest BCUT2D eigenvalue weighted by Gasteiger charge is 2.33. The lowest BCUT2D eigenvalue weighted by Gasteiger charge is -2.29. The number of hydrogen-bond acceptors (Lipinski definition) is 5. The summed E-state index contributed by atoms with van der Waals surface area (Å²) in [6.45, 7) is 2.36. The van der Waals surface area contributed by atoms with Gasteiger partial charge in [0.15, 0.2) is 0 Å². The number of ether oxygens (including phenoxy) is 1. The number of hydrogen-bond donors (Lipinski definition) is 2. The Labute approximate surface area is 126 Å². The molecule has 0 amide bonds. The Morgan fingerprint density at radius 2 is 2.40 bits per heavy atom. The lowest BCUT2D eigenvalue weighted by Crippen LogP contribution is -2.49. The number of methoxy groups -OCH3 is 1. The van der Waals surface area contributed by atoms with Gasteiger partial charge >= 0.3 is 0 Å². The molecule has 1 unspecified atom stereocenters.